The van der Waals surface area contributed by atoms with Crippen LogP contribution in [0.4, 0.5) is 5.82 Å². The van der Waals surface area contributed by atoms with Crippen LogP contribution in [0, 0.1) is 0 Å². The predicted octanol–water partition coefficient (Wildman–Crippen LogP) is 4.36. The molecule has 0 spiro atoms. The number of rotatable bonds is 2. The lowest BCUT2D eigenvalue weighted by molar-refractivity contribution is 0.867. The third-order valence-electron chi connectivity index (χ3n) is 3.48. The topological polar surface area (TPSA) is 43.3 Å². The van der Waals surface area contributed by atoms with Gasteiger partial charge in [-0.3, -0.25) is 4.40 Å². The number of nitrogens with two attached hydrogens (primary N) is 1. The van der Waals surface area contributed by atoms with E-state index >= 15 is 0 Å². The number of imidazole rings is 1. The van der Waals surface area contributed by atoms with Crippen molar-refractivity contribution >= 4 is 23.1 Å². The summed E-state index contributed by atoms with van der Waals surface area (Å²) in [5, 5.41) is 0.657. The molecule has 0 aliphatic heterocycles. The Kier molecular flexibility index (Phi) is 3.14. The lowest BCUT2D eigenvalue weighted by Gasteiger charge is -2.06. The summed E-state index contributed by atoms with van der Waals surface area (Å²) >= 11 is 5.99. The Bertz CT molecular complexity index is 757. The summed E-state index contributed by atoms with van der Waals surface area (Å²) in [5.41, 5.74) is 10.1. The van der Waals surface area contributed by atoms with Crippen molar-refractivity contribution in [2.75, 3.05) is 5.73 Å². The van der Waals surface area contributed by atoms with Crippen molar-refractivity contribution in [3.05, 3.63) is 53.2 Å². The van der Waals surface area contributed by atoms with Crippen LogP contribution in [0.3, 0.4) is 0 Å². The summed E-state index contributed by atoms with van der Waals surface area (Å²) in [4.78, 5) is 4.57. The van der Waals surface area contributed by atoms with E-state index in [0.717, 1.165) is 16.9 Å². The maximum absolute atomic E-state index is 6.18. The predicted molar refractivity (Wildman–Crippen MR) is 84.1 cm³/mol. The third kappa shape index (κ3) is 2.14. The number of nitrogens with zero attached hydrogens (tertiary/aromatic N) is 2. The highest BCUT2D eigenvalue weighted by Gasteiger charge is 2.11. The van der Waals surface area contributed by atoms with Crippen LogP contribution in [0.2, 0.25) is 5.02 Å². The maximum atomic E-state index is 6.18. The van der Waals surface area contributed by atoms with Gasteiger partial charge in [0.05, 0.1) is 0 Å². The van der Waals surface area contributed by atoms with Gasteiger partial charge in [0.1, 0.15) is 17.2 Å². The first kappa shape index (κ1) is 13.0. The van der Waals surface area contributed by atoms with Crippen molar-refractivity contribution in [1.29, 1.82) is 0 Å². The fraction of sp³-hybridized carbons (Fsp3) is 0.188. The largest absolute Gasteiger partial charge is 0.383 e. The Morgan fingerprint density at radius 3 is 2.50 bits per heavy atom. The molecule has 3 rings (SSSR count). The molecule has 0 unspecified atom stereocenters. The number of fused-ring (bicyclic) bond motifs is 1. The molecule has 0 atom stereocenters. The summed E-state index contributed by atoms with van der Waals surface area (Å²) in [6.45, 7) is 4.35. The molecule has 3 aromatic rings. The number of nitrogen functional groups attached to an aromatic ring is 1. The second-order valence-electron chi connectivity index (χ2n) is 5.20. The van der Waals surface area contributed by atoms with Crippen LogP contribution in [0.5, 0.6) is 0 Å². The number of aromatic nitrogens is 2. The van der Waals surface area contributed by atoms with Gasteiger partial charge >= 0.3 is 0 Å². The summed E-state index contributed by atoms with van der Waals surface area (Å²) in [5.74, 6) is 1.15. The van der Waals surface area contributed by atoms with Gasteiger partial charge in [0.25, 0.3) is 0 Å². The van der Waals surface area contributed by atoms with E-state index in [9.17, 15) is 0 Å². The fourth-order valence-corrected chi connectivity index (χ4v) is 2.43. The monoisotopic (exact) mass is 285 g/mol. The van der Waals surface area contributed by atoms with Crippen molar-refractivity contribution in [2.24, 2.45) is 0 Å². The first-order valence-corrected chi connectivity index (χ1v) is 6.97. The van der Waals surface area contributed by atoms with E-state index in [1.54, 1.807) is 6.07 Å². The van der Waals surface area contributed by atoms with Gasteiger partial charge in [-0.15, -0.1) is 0 Å². The zero-order valence-corrected chi connectivity index (χ0v) is 12.2. The third-order valence-corrected chi connectivity index (χ3v) is 3.71. The lowest BCUT2D eigenvalue weighted by atomic mass is 10.0. The van der Waals surface area contributed by atoms with Crippen LogP contribution in [-0.2, 0) is 0 Å². The van der Waals surface area contributed by atoms with E-state index in [1.165, 1.54) is 5.56 Å². The molecule has 102 valence electrons. The molecule has 0 radical (unpaired) electrons. The number of hydrogen-bond acceptors (Lipinski definition) is 2. The highest BCUT2D eigenvalue weighted by atomic mass is 35.5. The molecule has 0 fully saturated rings. The van der Waals surface area contributed by atoms with Crippen molar-refractivity contribution < 1.29 is 0 Å². The first-order chi connectivity index (χ1) is 9.56. The van der Waals surface area contributed by atoms with Gasteiger partial charge in [-0.2, -0.15) is 0 Å². The zero-order valence-electron chi connectivity index (χ0n) is 11.5. The molecule has 4 heteroatoms. The molecule has 0 saturated carbocycles. The maximum Gasteiger partial charge on any atom is 0.140 e. The number of halogens is 1. The van der Waals surface area contributed by atoms with Gasteiger partial charge in [0, 0.05) is 22.8 Å². The molecule has 0 aliphatic carbocycles. The Hall–Kier alpha value is -2.00. The highest BCUT2D eigenvalue weighted by molar-refractivity contribution is 6.30. The molecule has 0 saturated heterocycles. The molecule has 1 aromatic carbocycles. The minimum Gasteiger partial charge on any atom is -0.383 e. The number of hydrogen-bond donors (Lipinski definition) is 1. The van der Waals surface area contributed by atoms with E-state index in [1.807, 2.05) is 16.7 Å². The smallest absolute Gasteiger partial charge is 0.140 e. The molecule has 0 aliphatic rings. The van der Waals surface area contributed by atoms with E-state index in [2.05, 4.69) is 43.1 Å². The van der Waals surface area contributed by atoms with Crippen LogP contribution in [0.15, 0.2) is 42.6 Å². The summed E-state index contributed by atoms with van der Waals surface area (Å²) in [6.07, 6.45) is 1.84. The van der Waals surface area contributed by atoms with E-state index in [-0.39, 0.29) is 0 Å². The molecule has 0 amide bonds. The number of anilines is 1. The Morgan fingerprint density at radius 2 is 1.85 bits per heavy atom. The fourth-order valence-electron chi connectivity index (χ4n) is 2.28. The van der Waals surface area contributed by atoms with Crippen molar-refractivity contribution in [3.8, 4) is 11.3 Å². The quantitative estimate of drug-likeness (QED) is 0.760. The van der Waals surface area contributed by atoms with Gasteiger partial charge in [-0.1, -0.05) is 49.7 Å². The van der Waals surface area contributed by atoms with Crippen LogP contribution in [-0.4, -0.2) is 9.38 Å². The molecule has 20 heavy (non-hydrogen) atoms. The van der Waals surface area contributed by atoms with E-state index < -0.39 is 0 Å². The van der Waals surface area contributed by atoms with Gasteiger partial charge in [-0.25, -0.2) is 4.98 Å². The average molecular weight is 286 g/mol. The summed E-state index contributed by atoms with van der Waals surface area (Å²) in [7, 11) is 0. The second-order valence-corrected chi connectivity index (χ2v) is 5.63. The summed E-state index contributed by atoms with van der Waals surface area (Å²) < 4.78 is 1.84. The van der Waals surface area contributed by atoms with Crippen LogP contribution < -0.4 is 5.73 Å². The molecule has 2 heterocycles. The standard InChI is InChI=1S/C16H16ClN3/c1-10(2)11-3-5-12(6-4-11)15-16(18)20-8-7-13(17)9-14(20)19-15/h3-10H,18H2,1-2H3. The van der Waals surface area contributed by atoms with Gasteiger partial charge in [0.15, 0.2) is 0 Å². The van der Waals surface area contributed by atoms with E-state index in [4.69, 9.17) is 17.3 Å². The first-order valence-electron chi connectivity index (χ1n) is 6.59. The summed E-state index contributed by atoms with van der Waals surface area (Å²) in [6, 6.07) is 12.0. The Balaban J connectivity index is 2.11. The number of pyridine rings is 1. The SMILES string of the molecule is CC(C)c1ccc(-c2nc3cc(Cl)ccn3c2N)cc1. The van der Waals surface area contributed by atoms with Crippen LogP contribution in [0.1, 0.15) is 25.3 Å². The van der Waals surface area contributed by atoms with Crippen molar-refractivity contribution in [3.63, 3.8) is 0 Å². The van der Waals surface area contributed by atoms with Crippen LogP contribution >= 0.6 is 11.6 Å². The Morgan fingerprint density at radius 1 is 1.15 bits per heavy atom. The van der Waals surface area contributed by atoms with Gasteiger partial charge in [-0.05, 0) is 17.5 Å². The lowest BCUT2D eigenvalue weighted by Crippen LogP contribution is -1.94. The minimum atomic E-state index is 0.515. The van der Waals surface area contributed by atoms with Crippen molar-refractivity contribution in [2.45, 2.75) is 19.8 Å². The zero-order chi connectivity index (χ0) is 14.3. The molecular formula is C16H16ClN3. The van der Waals surface area contributed by atoms with E-state index in [0.29, 0.717) is 16.8 Å². The molecule has 2 N–H and O–H groups in total. The van der Waals surface area contributed by atoms with Gasteiger partial charge in [0.2, 0.25) is 0 Å². The number of benzene rings is 1. The van der Waals surface area contributed by atoms with Crippen molar-refractivity contribution in [1.82, 2.24) is 9.38 Å². The molecule has 3 nitrogen and oxygen atoms in total. The highest BCUT2D eigenvalue weighted by Crippen LogP contribution is 2.28. The van der Waals surface area contributed by atoms with Gasteiger partial charge < -0.3 is 5.73 Å². The normalized spacial score (nSPS) is 11.4. The molecule has 2 aromatic heterocycles. The van der Waals surface area contributed by atoms with Crippen LogP contribution in [0.25, 0.3) is 16.9 Å². The average Bonchev–Trinajstić information content (AvgIpc) is 2.75. The second kappa shape index (κ2) is 4.84. The Labute approximate surface area is 123 Å². The molecular weight excluding hydrogens is 270 g/mol. The minimum absolute atomic E-state index is 0.515. The molecule has 0 bridgehead atoms.